The monoisotopic (exact) mass is 287 g/mol. The fourth-order valence-electron chi connectivity index (χ4n) is 2.39. The summed E-state index contributed by atoms with van der Waals surface area (Å²) in [4.78, 5) is 14.3. The number of amides is 1. The van der Waals surface area contributed by atoms with Crippen LogP contribution >= 0.6 is 0 Å². The molecule has 1 aromatic carbocycles. The van der Waals surface area contributed by atoms with Crippen molar-refractivity contribution in [2.45, 2.75) is 25.8 Å². The Balaban J connectivity index is 1.83. The molecule has 1 aliphatic heterocycles. The molecular weight excluding hydrogens is 266 g/mol. The first-order chi connectivity index (χ1) is 10.0. The van der Waals surface area contributed by atoms with Crippen LogP contribution in [0.1, 0.15) is 25.8 Å². The van der Waals surface area contributed by atoms with Crippen LogP contribution in [0.3, 0.4) is 0 Å². The summed E-state index contributed by atoms with van der Waals surface area (Å²) in [5.41, 5.74) is 1.29. The number of anilines is 1. The lowest BCUT2D eigenvalue weighted by atomic mass is 10.0. The van der Waals surface area contributed by atoms with Crippen molar-refractivity contribution < 1.29 is 9.53 Å². The van der Waals surface area contributed by atoms with Crippen molar-refractivity contribution in [3.05, 3.63) is 29.8 Å². The van der Waals surface area contributed by atoms with Gasteiger partial charge in [0.05, 0.1) is 24.8 Å². The molecule has 0 unspecified atom stereocenters. The highest BCUT2D eigenvalue weighted by Crippen LogP contribution is 2.19. The SMILES string of the molecule is CC1(C)COCCN1CCC(=O)Nc1ccc(C#N)cc1. The summed E-state index contributed by atoms with van der Waals surface area (Å²) >= 11 is 0. The quantitative estimate of drug-likeness (QED) is 0.920. The van der Waals surface area contributed by atoms with E-state index in [2.05, 4.69) is 30.1 Å². The molecule has 1 N–H and O–H groups in total. The maximum atomic E-state index is 12.0. The second-order valence-corrected chi connectivity index (χ2v) is 5.84. The molecule has 0 saturated carbocycles. The molecule has 1 fully saturated rings. The second-order valence-electron chi connectivity index (χ2n) is 5.84. The van der Waals surface area contributed by atoms with Gasteiger partial charge in [-0.1, -0.05) is 0 Å². The summed E-state index contributed by atoms with van der Waals surface area (Å²) < 4.78 is 5.47. The number of rotatable bonds is 4. The smallest absolute Gasteiger partial charge is 0.225 e. The molecular formula is C16H21N3O2. The highest BCUT2D eigenvalue weighted by atomic mass is 16.5. The fourth-order valence-corrected chi connectivity index (χ4v) is 2.39. The van der Waals surface area contributed by atoms with Crippen LogP contribution in [0.5, 0.6) is 0 Å². The summed E-state index contributed by atoms with van der Waals surface area (Å²) in [5, 5.41) is 11.6. The third kappa shape index (κ3) is 4.28. The molecule has 2 rings (SSSR count). The number of hydrogen-bond donors (Lipinski definition) is 1. The number of hydrogen-bond acceptors (Lipinski definition) is 4. The van der Waals surface area contributed by atoms with Crippen molar-refractivity contribution in [1.82, 2.24) is 4.90 Å². The molecule has 1 heterocycles. The topological polar surface area (TPSA) is 65.4 Å². The largest absolute Gasteiger partial charge is 0.378 e. The van der Waals surface area contributed by atoms with Crippen LogP contribution < -0.4 is 5.32 Å². The Morgan fingerprint density at radius 2 is 2.14 bits per heavy atom. The number of nitrogens with zero attached hydrogens (tertiary/aromatic N) is 2. The van der Waals surface area contributed by atoms with Crippen LogP contribution in [0, 0.1) is 11.3 Å². The molecule has 0 atom stereocenters. The first-order valence-electron chi connectivity index (χ1n) is 7.14. The summed E-state index contributed by atoms with van der Waals surface area (Å²) in [5.74, 6) is -0.0120. The molecule has 1 aliphatic rings. The maximum Gasteiger partial charge on any atom is 0.225 e. The first kappa shape index (κ1) is 15.5. The van der Waals surface area contributed by atoms with E-state index in [4.69, 9.17) is 10.00 Å². The summed E-state index contributed by atoms with van der Waals surface area (Å²) in [7, 11) is 0. The predicted octanol–water partition coefficient (Wildman–Crippen LogP) is 2.00. The van der Waals surface area contributed by atoms with E-state index in [1.165, 1.54) is 0 Å². The predicted molar refractivity (Wildman–Crippen MR) is 80.9 cm³/mol. The molecule has 0 bridgehead atoms. The lowest BCUT2D eigenvalue weighted by Gasteiger charge is -2.42. The molecule has 0 radical (unpaired) electrons. The number of carbonyl (C=O) groups is 1. The summed E-state index contributed by atoms with van der Waals surface area (Å²) in [6.07, 6.45) is 0.448. The van der Waals surface area contributed by atoms with Crippen LogP contribution in [-0.2, 0) is 9.53 Å². The summed E-state index contributed by atoms with van der Waals surface area (Å²) in [6, 6.07) is 8.93. The van der Waals surface area contributed by atoms with E-state index >= 15 is 0 Å². The Morgan fingerprint density at radius 3 is 2.76 bits per heavy atom. The number of ether oxygens (including phenoxy) is 1. The van der Waals surface area contributed by atoms with E-state index in [1.54, 1.807) is 24.3 Å². The lowest BCUT2D eigenvalue weighted by molar-refractivity contribution is -0.117. The normalized spacial score (nSPS) is 18.0. The Morgan fingerprint density at radius 1 is 1.43 bits per heavy atom. The minimum absolute atomic E-state index is 0.0120. The molecule has 5 heteroatoms. The average molecular weight is 287 g/mol. The van der Waals surface area contributed by atoms with E-state index in [9.17, 15) is 4.79 Å². The van der Waals surface area contributed by atoms with E-state index in [-0.39, 0.29) is 11.4 Å². The van der Waals surface area contributed by atoms with Gasteiger partial charge in [-0.05, 0) is 38.1 Å². The molecule has 0 aliphatic carbocycles. The zero-order valence-electron chi connectivity index (χ0n) is 12.6. The van der Waals surface area contributed by atoms with Crippen LogP contribution in [0.15, 0.2) is 24.3 Å². The number of nitrogens with one attached hydrogen (secondary N) is 1. The Labute approximate surface area is 125 Å². The number of carbonyl (C=O) groups excluding carboxylic acids is 1. The number of benzene rings is 1. The van der Waals surface area contributed by atoms with Crippen LogP contribution in [0.25, 0.3) is 0 Å². The van der Waals surface area contributed by atoms with Crippen molar-refractivity contribution >= 4 is 11.6 Å². The minimum Gasteiger partial charge on any atom is -0.378 e. The minimum atomic E-state index is -0.0209. The first-order valence-corrected chi connectivity index (χ1v) is 7.14. The standard InChI is InChI=1S/C16H21N3O2/c1-16(2)12-21-10-9-19(16)8-7-15(20)18-14-5-3-13(11-17)4-6-14/h3-6H,7-10,12H2,1-2H3,(H,18,20). The molecule has 112 valence electrons. The zero-order valence-corrected chi connectivity index (χ0v) is 12.6. The van der Waals surface area contributed by atoms with Crippen LogP contribution in [-0.4, -0.2) is 42.6 Å². The van der Waals surface area contributed by atoms with E-state index < -0.39 is 0 Å². The van der Waals surface area contributed by atoms with Crippen molar-refractivity contribution in [3.63, 3.8) is 0 Å². The van der Waals surface area contributed by atoms with Crippen molar-refractivity contribution in [3.8, 4) is 6.07 Å². The van der Waals surface area contributed by atoms with Gasteiger partial charge in [0.2, 0.25) is 5.91 Å². The van der Waals surface area contributed by atoms with Gasteiger partial charge in [-0.25, -0.2) is 0 Å². The highest BCUT2D eigenvalue weighted by molar-refractivity contribution is 5.90. The lowest BCUT2D eigenvalue weighted by Crippen LogP contribution is -2.53. The van der Waals surface area contributed by atoms with Gasteiger partial charge < -0.3 is 10.1 Å². The van der Waals surface area contributed by atoms with Gasteiger partial charge in [-0.15, -0.1) is 0 Å². The third-order valence-corrected chi connectivity index (χ3v) is 3.72. The molecule has 1 amide bonds. The number of nitriles is 1. The van der Waals surface area contributed by atoms with Gasteiger partial charge in [0, 0.05) is 30.7 Å². The van der Waals surface area contributed by atoms with Crippen molar-refractivity contribution in [1.29, 1.82) is 5.26 Å². The maximum absolute atomic E-state index is 12.0. The third-order valence-electron chi connectivity index (χ3n) is 3.72. The van der Waals surface area contributed by atoms with Gasteiger partial charge in [0.1, 0.15) is 0 Å². The van der Waals surface area contributed by atoms with Crippen LogP contribution in [0.4, 0.5) is 5.69 Å². The highest BCUT2D eigenvalue weighted by Gasteiger charge is 2.30. The van der Waals surface area contributed by atoms with Crippen molar-refractivity contribution in [2.75, 3.05) is 31.6 Å². The molecule has 1 saturated heterocycles. The molecule has 0 spiro atoms. The molecule has 0 aromatic heterocycles. The molecule has 1 aromatic rings. The Bertz CT molecular complexity index is 531. The zero-order chi connectivity index (χ0) is 15.3. The average Bonchev–Trinajstić information content (AvgIpc) is 2.46. The molecule has 21 heavy (non-hydrogen) atoms. The van der Waals surface area contributed by atoms with Crippen LogP contribution in [0.2, 0.25) is 0 Å². The van der Waals surface area contributed by atoms with Gasteiger partial charge in [0.25, 0.3) is 0 Å². The number of morpholine rings is 1. The van der Waals surface area contributed by atoms with E-state index in [0.717, 1.165) is 25.4 Å². The van der Waals surface area contributed by atoms with E-state index in [0.29, 0.717) is 18.6 Å². The second kappa shape index (κ2) is 6.70. The van der Waals surface area contributed by atoms with Crippen molar-refractivity contribution in [2.24, 2.45) is 0 Å². The summed E-state index contributed by atoms with van der Waals surface area (Å²) in [6.45, 7) is 7.26. The Kier molecular flexibility index (Phi) is 4.94. The molecule has 5 nitrogen and oxygen atoms in total. The van der Waals surface area contributed by atoms with Gasteiger partial charge in [0.15, 0.2) is 0 Å². The Hall–Kier alpha value is -1.90. The van der Waals surface area contributed by atoms with Gasteiger partial charge >= 0.3 is 0 Å². The fraction of sp³-hybridized carbons (Fsp3) is 0.500. The van der Waals surface area contributed by atoms with Gasteiger partial charge in [-0.2, -0.15) is 5.26 Å². The van der Waals surface area contributed by atoms with Gasteiger partial charge in [-0.3, -0.25) is 9.69 Å². The van der Waals surface area contributed by atoms with E-state index in [1.807, 2.05) is 0 Å².